The quantitative estimate of drug-likeness (QED) is 0.553. The van der Waals surface area contributed by atoms with Crippen LogP contribution in [0.25, 0.3) is 0 Å². The fourth-order valence-electron chi connectivity index (χ4n) is 0.935. The Hall–Kier alpha value is -1.84. The molecule has 1 radical (unpaired) electrons. The van der Waals surface area contributed by atoms with Crippen LogP contribution in [0.2, 0.25) is 0 Å². The largest absolute Gasteiger partial charge is 0.465 e. The number of hydrogen-bond acceptors (Lipinski definition) is 3. The summed E-state index contributed by atoms with van der Waals surface area (Å²) in [4.78, 5) is 21.2. The van der Waals surface area contributed by atoms with Crippen LogP contribution >= 0.6 is 0 Å². The molecule has 0 heterocycles. The van der Waals surface area contributed by atoms with E-state index in [2.05, 4.69) is 10.1 Å². The molecule has 1 N–H and O–H groups in total. The summed E-state index contributed by atoms with van der Waals surface area (Å²) < 4.78 is 4.51. The third-order valence-corrected chi connectivity index (χ3v) is 1.52. The number of amides is 1. The average molecular weight is 178 g/mol. The molecular weight excluding hydrogens is 170 g/mol. The second-order valence-electron chi connectivity index (χ2n) is 2.26. The number of hydrogen-bond donors (Lipinski definition) is 1. The van der Waals surface area contributed by atoms with E-state index in [1.165, 1.54) is 13.5 Å². The van der Waals surface area contributed by atoms with Crippen molar-refractivity contribution in [3.63, 3.8) is 0 Å². The van der Waals surface area contributed by atoms with Crippen LogP contribution in [0.1, 0.15) is 10.4 Å². The molecule has 1 amide bonds. The number of anilines is 1. The van der Waals surface area contributed by atoms with E-state index in [4.69, 9.17) is 0 Å². The van der Waals surface area contributed by atoms with Crippen LogP contribution in [0.5, 0.6) is 0 Å². The first kappa shape index (κ1) is 9.25. The number of ether oxygens (including phenoxy) is 1. The van der Waals surface area contributed by atoms with Gasteiger partial charge in [-0.3, -0.25) is 4.79 Å². The molecule has 0 spiro atoms. The Morgan fingerprint density at radius 3 is 2.77 bits per heavy atom. The molecule has 0 aliphatic rings. The SMILES string of the molecule is COC(=O)c1ccccc1N[C]=O. The molecule has 1 rings (SSSR count). The van der Waals surface area contributed by atoms with Crippen molar-refractivity contribution >= 4 is 18.1 Å². The Balaban J connectivity index is 3.03. The Morgan fingerprint density at radius 1 is 1.46 bits per heavy atom. The minimum Gasteiger partial charge on any atom is -0.465 e. The number of rotatable bonds is 3. The smallest absolute Gasteiger partial charge is 0.339 e. The van der Waals surface area contributed by atoms with Crippen LogP contribution < -0.4 is 5.32 Å². The molecule has 0 aliphatic carbocycles. The van der Waals surface area contributed by atoms with Gasteiger partial charge in [0.1, 0.15) is 0 Å². The van der Waals surface area contributed by atoms with Crippen LogP contribution in [0.3, 0.4) is 0 Å². The first-order valence-corrected chi connectivity index (χ1v) is 3.60. The molecule has 67 valence electrons. The van der Waals surface area contributed by atoms with Gasteiger partial charge >= 0.3 is 12.4 Å². The molecule has 0 fully saturated rings. The van der Waals surface area contributed by atoms with Gasteiger partial charge in [-0.1, -0.05) is 12.1 Å². The molecule has 4 heteroatoms. The highest BCUT2D eigenvalue weighted by atomic mass is 16.5. The summed E-state index contributed by atoms with van der Waals surface area (Å²) in [5, 5.41) is 2.28. The summed E-state index contributed by atoms with van der Waals surface area (Å²) in [5.41, 5.74) is 0.706. The molecule has 1 aromatic rings. The summed E-state index contributed by atoms with van der Waals surface area (Å²) in [5.74, 6) is -0.488. The molecule has 0 saturated heterocycles. The lowest BCUT2D eigenvalue weighted by atomic mass is 10.2. The third-order valence-electron chi connectivity index (χ3n) is 1.52. The maximum absolute atomic E-state index is 11.1. The monoisotopic (exact) mass is 178 g/mol. The molecule has 0 bridgehead atoms. The first-order chi connectivity index (χ1) is 6.29. The second kappa shape index (κ2) is 4.25. The zero-order valence-corrected chi connectivity index (χ0v) is 7.03. The highest BCUT2D eigenvalue weighted by Gasteiger charge is 2.09. The van der Waals surface area contributed by atoms with E-state index in [9.17, 15) is 9.59 Å². The van der Waals surface area contributed by atoms with E-state index in [0.29, 0.717) is 11.3 Å². The number of nitrogens with one attached hydrogen (secondary N) is 1. The number of esters is 1. The lowest BCUT2D eigenvalue weighted by Crippen LogP contribution is -2.06. The summed E-state index contributed by atoms with van der Waals surface area (Å²) in [7, 11) is 1.28. The molecule has 4 nitrogen and oxygen atoms in total. The van der Waals surface area contributed by atoms with Crippen molar-refractivity contribution in [2.45, 2.75) is 0 Å². The van der Waals surface area contributed by atoms with Crippen LogP contribution in [-0.4, -0.2) is 19.5 Å². The highest BCUT2D eigenvalue weighted by Crippen LogP contribution is 2.14. The fraction of sp³-hybridized carbons (Fsp3) is 0.111. The summed E-state index contributed by atoms with van der Waals surface area (Å²) in [6.45, 7) is 0. The maximum Gasteiger partial charge on any atom is 0.339 e. The van der Waals surface area contributed by atoms with Gasteiger partial charge in [-0.25, -0.2) is 4.79 Å². The number of benzene rings is 1. The predicted molar refractivity (Wildman–Crippen MR) is 47.1 cm³/mol. The molecule has 1 aromatic carbocycles. The summed E-state index contributed by atoms with van der Waals surface area (Å²) in [6.07, 6.45) is 1.50. The van der Waals surface area contributed by atoms with Crippen molar-refractivity contribution in [1.82, 2.24) is 0 Å². The highest BCUT2D eigenvalue weighted by molar-refractivity contribution is 5.97. The zero-order chi connectivity index (χ0) is 9.68. The van der Waals surface area contributed by atoms with Crippen molar-refractivity contribution in [2.75, 3.05) is 12.4 Å². The molecule has 0 saturated carbocycles. The van der Waals surface area contributed by atoms with E-state index in [0.717, 1.165) is 0 Å². The fourth-order valence-corrected chi connectivity index (χ4v) is 0.935. The normalized spacial score (nSPS) is 9.00. The Labute approximate surface area is 75.5 Å². The Kier molecular flexibility index (Phi) is 3.03. The minimum absolute atomic E-state index is 0.313. The molecule has 0 aliphatic heterocycles. The van der Waals surface area contributed by atoms with Crippen molar-refractivity contribution in [1.29, 1.82) is 0 Å². The van der Waals surface area contributed by atoms with E-state index in [-0.39, 0.29) is 0 Å². The van der Waals surface area contributed by atoms with Crippen molar-refractivity contribution in [3.05, 3.63) is 29.8 Å². The molecule has 0 unspecified atom stereocenters. The van der Waals surface area contributed by atoms with Gasteiger partial charge in [0.05, 0.1) is 18.4 Å². The van der Waals surface area contributed by atoms with Gasteiger partial charge in [-0.15, -0.1) is 0 Å². The number of methoxy groups -OCH3 is 1. The van der Waals surface area contributed by atoms with Crippen molar-refractivity contribution in [3.8, 4) is 0 Å². The van der Waals surface area contributed by atoms with Gasteiger partial charge in [0.25, 0.3) is 0 Å². The predicted octanol–water partition coefficient (Wildman–Crippen LogP) is 0.952. The summed E-state index contributed by atoms with van der Waals surface area (Å²) in [6, 6.07) is 6.54. The first-order valence-electron chi connectivity index (χ1n) is 3.60. The zero-order valence-electron chi connectivity index (χ0n) is 7.03. The maximum atomic E-state index is 11.1. The number of para-hydroxylation sites is 1. The topological polar surface area (TPSA) is 55.4 Å². The van der Waals surface area contributed by atoms with Gasteiger partial charge in [0.2, 0.25) is 0 Å². The van der Waals surface area contributed by atoms with Crippen LogP contribution in [0.4, 0.5) is 5.69 Å². The van der Waals surface area contributed by atoms with Gasteiger partial charge in [0.15, 0.2) is 0 Å². The van der Waals surface area contributed by atoms with Crippen LogP contribution in [-0.2, 0) is 9.53 Å². The standard InChI is InChI=1S/C9H8NO3/c1-13-9(12)7-4-2-3-5-8(7)10-6-11/h2-5H,1H3,(H,10,11). The van der Waals surface area contributed by atoms with E-state index in [1.54, 1.807) is 24.3 Å². The van der Waals surface area contributed by atoms with E-state index in [1.807, 2.05) is 0 Å². The number of carbonyl (C=O) groups excluding carboxylic acids is 2. The Morgan fingerprint density at radius 2 is 2.15 bits per heavy atom. The van der Waals surface area contributed by atoms with Gasteiger partial charge in [0, 0.05) is 0 Å². The average Bonchev–Trinajstić information content (AvgIpc) is 2.18. The number of carbonyl (C=O) groups is 1. The second-order valence-corrected chi connectivity index (χ2v) is 2.26. The van der Waals surface area contributed by atoms with Gasteiger partial charge in [-0.05, 0) is 12.1 Å². The van der Waals surface area contributed by atoms with E-state index >= 15 is 0 Å². The summed E-state index contributed by atoms with van der Waals surface area (Å²) >= 11 is 0. The molecule has 13 heavy (non-hydrogen) atoms. The third kappa shape index (κ3) is 2.05. The van der Waals surface area contributed by atoms with Crippen molar-refractivity contribution in [2.24, 2.45) is 0 Å². The minimum atomic E-state index is -0.488. The van der Waals surface area contributed by atoms with Gasteiger partial charge in [-0.2, -0.15) is 0 Å². The molecule has 0 aromatic heterocycles. The van der Waals surface area contributed by atoms with Crippen LogP contribution in [0, 0.1) is 0 Å². The Bertz CT molecular complexity index is 322. The lowest BCUT2D eigenvalue weighted by Gasteiger charge is -2.04. The van der Waals surface area contributed by atoms with Crippen molar-refractivity contribution < 1.29 is 14.3 Å². The van der Waals surface area contributed by atoms with E-state index < -0.39 is 5.97 Å². The molecule has 0 atom stereocenters. The van der Waals surface area contributed by atoms with Gasteiger partial charge < -0.3 is 10.1 Å². The lowest BCUT2D eigenvalue weighted by molar-refractivity contribution is 0.0602. The molecular formula is C9H8NO3. The van der Waals surface area contributed by atoms with Crippen LogP contribution in [0.15, 0.2) is 24.3 Å².